The summed E-state index contributed by atoms with van der Waals surface area (Å²) in [5, 5.41) is 4.19. The first kappa shape index (κ1) is 14.5. The van der Waals surface area contributed by atoms with E-state index in [-0.39, 0.29) is 5.41 Å². The molecule has 1 N–H and O–H groups in total. The molecule has 1 aromatic carbocycles. The maximum Gasteiger partial charge on any atom is 0.233 e. The number of hydrogen-bond acceptors (Lipinski definition) is 2. The fourth-order valence-corrected chi connectivity index (χ4v) is 4.15. The fourth-order valence-electron chi connectivity index (χ4n) is 3.98. The lowest BCUT2D eigenvalue weighted by molar-refractivity contribution is -0.137. The van der Waals surface area contributed by atoms with Gasteiger partial charge in [-0.3, -0.25) is 4.79 Å². The highest BCUT2D eigenvalue weighted by Crippen LogP contribution is 2.53. The fraction of sp³-hybridized carbons (Fsp3) is 0.611. The molecule has 1 aliphatic carbocycles. The number of nitrogens with zero attached hydrogens (tertiary/aromatic N) is 1. The SMILES string of the molecule is O=C(N1CCC1)C1(c2cc(Cl)ccc2C2CCNCC2)CC1. The van der Waals surface area contributed by atoms with Crippen LogP contribution < -0.4 is 5.32 Å². The van der Waals surface area contributed by atoms with Crippen molar-refractivity contribution in [2.24, 2.45) is 0 Å². The van der Waals surface area contributed by atoms with E-state index in [0.29, 0.717) is 11.8 Å². The smallest absolute Gasteiger partial charge is 0.233 e. The number of carbonyl (C=O) groups is 1. The van der Waals surface area contributed by atoms with E-state index in [1.54, 1.807) is 0 Å². The average molecular weight is 319 g/mol. The summed E-state index contributed by atoms with van der Waals surface area (Å²) >= 11 is 6.28. The van der Waals surface area contributed by atoms with Gasteiger partial charge in [0.2, 0.25) is 5.91 Å². The van der Waals surface area contributed by atoms with Crippen LogP contribution in [0.15, 0.2) is 18.2 Å². The van der Waals surface area contributed by atoms with Crippen LogP contribution in [0.3, 0.4) is 0 Å². The van der Waals surface area contributed by atoms with E-state index < -0.39 is 0 Å². The molecule has 0 unspecified atom stereocenters. The summed E-state index contributed by atoms with van der Waals surface area (Å²) in [7, 11) is 0. The molecular formula is C18H23ClN2O. The molecule has 0 spiro atoms. The molecule has 1 amide bonds. The lowest BCUT2D eigenvalue weighted by atomic mass is 9.80. The van der Waals surface area contributed by atoms with Crippen LogP contribution in [0.4, 0.5) is 0 Å². The summed E-state index contributed by atoms with van der Waals surface area (Å²) < 4.78 is 0. The highest BCUT2D eigenvalue weighted by molar-refractivity contribution is 6.30. The van der Waals surface area contributed by atoms with E-state index in [4.69, 9.17) is 11.6 Å². The molecule has 2 heterocycles. The van der Waals surface area contributed by atoms with Crippen molar-refractivity contribution in [1.29, 1.82) is 0 Å². The lowest BCUT2D eigenvalue weighted by Gasteiger charge is -2.36. The second-order valence-corrected chi connectivity index (χ2v) is 7.42. The number of piperidine rings is 1. The van der Waals surface area contributed by atoms with Crippen LogP contribution in [0.2, 0.25) is 5.02 Å². The number of benzene rings is 1. The van der Waals surface area contributed by atoms with Crippen molar-refractivity contribution in [3.05, 3.63) is 34.3 Å². The monoisotopic (exact) mass is 318 g/mol. The third-order valence-electron chi connectivity index (χ3n) is 5.61. The van der Waals surface area contributed by atoms with Gasteiger partial charge in [0.1, 0.15) is 0 Å². The van der Waals surface area contributed by atoms with E-state index in [0.717, 1.165) is 63.3 Å². The van der Waals surface area contributed by atoms with Crippen LogP contribution >= 0.6 is 11.6 Å². The minimum absolute atomic E-state index is 0.258. The number of hydrogen-bond donors (Lipinski definition) is 1. The van der Waals surface area contributed by atoms with Crippen molar-refractivity contribution < 1.29 is 4.79 Å². The Morgan fingerprint density at radius 3 is 2.55 bits per heavy atom. The van der Waals surface area contributed by atoms with E-state index >= 15 is 0 Å². The molecule has 1 aromatic rings. The Balaban J connectivity index is 1.70. The van der Waals surface area contributed by atoms with Gasteiger partial charge in [0, 0.05) is 18.1 Å². The quantitative estimate of drug-likeness (QED) is 0.929. The molecule has 22 heavy (non-hydrogen) atoms. The Morgan fingerprint density at radius 1 is 1.23 bits per heavy atom. The first-order valence-corrected chi connectivity index (χ1v) is 8.88. The van der Waals surface area contributed by atoms with Crippen LogP contribution in [-0.4, -0.2) is 37.0 Å². The zero-order chi connectivity index (χ0) is 15.2. The van der Waals surface area contributed by atoms with Gasteiger partial charge in [-0.1, -0.05) is 17.7 Å². The minimum atomic E-state index is -0.258. The van der Waals surface area contributed by atoms with Crippen LogP contribution in [0.1, 0.15) is 49.1 Å². The molecule has 4 heteroatoms. The Hall–Kier alpha value is -1.06. The van der Waals surface area contributed by atoms with Crippen molar-refractivity contribution in [1.82, 2.24) is 10.2 Å². The third kappa shape index (κ3) is 2.35. The van der Waals surface area contributed by atoms with Gasteiger partial charge in [-0.25, -0.2) is 0 Å². The summed E-state index contributed by atoms with van der Waals surface area (Å²) in [5.74, 6) is 0.909. The Kier molecular flexibility index (Phi) is 3.66. The number of halogens is 1. The number of nitrogens with one attached hydrogen (secondary N) is 1. The molecule has 3 aliphatic rings. The van der Waals surface area contributed by atoms with Gasteiger partial charge in [0.05, 0.1) is 5.41 Å². The van der Waals surface area contributed by atoms with Crippen LogP contribution in [-0.2, 0) is 10.2 Å². The summed E-state index contributed by atoms with van der Waals surface area (Å²) in [4.78, 5) is 15.0. The predicted octanol–water partition coefficient (Wildman–Crippen LogP) is 3.07. The summed E-state index contributed by atoms with van der Waals surface area (Å²) in [5.41, 5.74) is 2.34. The second kappa shape index (κ2) is 5.54. The summed E-state index contributed by atoms with van der Waals surface area (Å²) in [6, 6.07) is 6.24. The van der Waals surface area contributed by atoms with Gasteiger partial charge < -0.3 is 10.2 Å². The molecule has 3 fully saturated rings. The lowest BCUT2D eigenvalue weighted by Crippen LogP contribution is -2.47. The highest BCUT2D eigenvalue weighted by atomic mass is 35.5. The van der Waals surface area contributed by atoms with Crippen LogP contribution in [0.5, 0.6) is 0 Å². The molecular weight excluding hydrogens is 296 g/mol. The zero-order valence-corrected chi connectivity index (χ0v) is 13.7. The normalized spacial score (nSPS) is 24.0. The van der Waals surface area contributed by atoms with Crippen molar-refractivity contribution >= 4 is 17.5 Å². The summed E-state index contributed by atoms with van der Waals surface area (Å²) in [6.07, 6.45) is 5.44. The standard InChI is InChI=1S/C18H23ClN2O/c19-14-2-3-15(13-4-8-20-9-5-13)16(12-14)18(6-7-18)17(22)21-10-1-11-21/h2-3,12-13,20H,1,4-11H2. The largest absolute Gasteiger partial charge is 0.342 e. The van der Waals surface area contributed by atoms with Crippen molar-refractivity contribution in [2.75, 3.05) is 26.2 Å². The molecule has 0 radical (unpaired) electrons. The maximum absolute atomic E-state index is 12.9. The van der Waals surface area contributed by atoms with Gasteiger partial charge in [0.25, 0.3) is 0 Å². The van der Waals surface area contributed by atoms with Crippen molar-refractivity contribution in [3.8, 4) is 0 Å². The summed E-state index contributed by atoms with van der Waals surface area (Å²) in [6.45, 7) is 4.01. The predicted molar refractivity (Wildman–Crippen MR) is 88.4 cm³/mol. The Labute approximate surface area is 137 Å². The van der Waals surface area contributed by atoms with E-state index in [9.17, 15) is 4.79 Å². The molecule has 0 atom stereocenters. The third-order valence-corrected chi connectivity index (χ3v) is 5.85. The van der Waals surface area contributed by atoms with Crippen LogP contribution in [0.25, 0.3) is 0 Å². The molecule has 1 saturated carbocycles. The van der Waals surface area contributed by atoms with E-state index in [1.165, 1.54) is 11.1 Å². The molecule has 2 aliphatic heterocycles. The first-order valence-electron chi connectivity index (χ1n) is 8.51. The molecule has 3 nitrogen and oxygen atoms in total. The van der Waals surface area contributed by atoms with Crippen LogP contribution in [0, 0.1) is 0 Å². The van der Waals surface area contributed by atoms with E-state index in [1.807, 2.05) is 11.0 Å². The van der Waals surface area contributed by atoms with Gasteiger partial charge in [-0.15, -0.1) is 0 Å². The number of amides is 1. The molecule has 4 rings (SSSR count). The first-order chi connectivity index (χ1) is 10.7. The Morgan fingerprint density at radius 2 is 1.95 bits per heavy atom. The average Bonchev–Trinajstić information content (AvgIpc) is 3.28. The van der Waals surface area contributed by atoms with Crippen molar-refractivity contribution in [2.45, 2.75) is 43.4 Å². The zero-order valence-electron chi connectivity index (χ0n) is 12.9. The molecule has 2 saturated heterocycles. The second-order valence-electron chi connectivity index (χ2n) is 6.98. The van der Waals surface area contributed by atoms with Gasteiger partial charge in [-0.2, -0.15) is 0 Å². The topological polar surface area (TPSA) is 32.3 Å². The van der Waals surface area contributed by atoms with Gasteiger partial charge in [0.15, 0.2) is 0 Å². The molecule has 0 bridgehead atoms. The number of carbonyl (C=O) groups excluding carboxylic acids is 1. The minimum Gasteiger partial charge on any atom is -0.342 e. The Bertz CT molecular complexity index is 587. The van der Waals surface area contributed by atoms with Gasteiger partial charge in [-0.05, 0) is 74.4 Å². The molecule has 118 valence electrons. The van der Waals surface area contributed by atoms with Gasteiger partial charge >= 0.3 is 0 Å². The highest BCUT2D eigenvalue weighted by Gasteiger charge is 2.55. The maximum atomic E-state index is 12.9. The van der Waals surface area contributed by atoms with Crippen molar-refractivity contribution in [3.63, 3.8) is 0 Å². The number of likely N-dealkylation sites (tertiary alicyclic amines) is 1. The van der Waals surface area contributed by atoms with E-state index in [2.05, 4.69) is 17.4 Å². The number of rotatable bonds is 3. The molecule has 0 aromatic heterocycles.